The summed E-state index contributed by atoms with van der Waals surface area (Å²) in [6.45, 7) is 3.28. The van der Waals surface area contributed by atoms with Gasteiger partial charge < -0.3 is 15.4 Å². The van der Waals surface area contributed by atoms with E-state index < -0.39 is 6.04 Å². The van der Waals surface area contributed by atoms with Crippen LogP contribution in [-0.4, -0.2) is 24.8 Å². The Morgan fingerprint density at radius 2 is 1.70 bits per heavy atom. The van der Waals surface area contributed by atoms with Crippen LogP contribution in [0.5, 0.6) is 5.75 Å². The van der Waals surface area contributed by atoms with E-state index in [0.29, 0.717) is 17.0 Å². The van der Waals surface area contributed by atoms with Crippen LogP contribution in [0.25, 0.3) is 0 Å². The second-order valence-corrected chi connectivity index (χ2v) is 5.19. The Kier molecular flexibility index (Phi) is 5.36. The van der Waals surface area contributed by atoms with Gasteiger partial charge in [-0.25, -0.2) is 0 Å². The van der Waals surface area contributed by atoms with E-state index in [4.69, 9.17) is 4.74 Å². The minimum Gasteiger partial charge on any atom is -0.495 e. The second-order valence-electron chi connectivity index (χ2n) is 5.19. The van der Waals surface area contributed by atoms with Gasteiger partial charge in [-0.2, -0.15) is 0 Å². The number of rotatable bonds is 6. The van der Waals surface area contributed by atoms with Gasteiger partial charge in [0.2, 0.25) is 5.91 Å². The third-order valence-electron chi connectivity index (χ3n) is 3.43. The van der Waals surface area contributed by atoms with Crippen LogP contribution in [0, 0.1) is 0 Å². The third-order valence-corrected chi connectivity index (χ3v) is 3.43. The van der Waals surface area contributed by atoms with Crippen molar-refractivity contribution in [1.29, 1.82) is 0 Å². The van der Waals surface area contributed by atoms with Crippen molar-refractivity contribution < 1.29 is 14.3 Å². The van der Waals surface area contributed by atoms with Crippen LogP contribution in [0.1, 0.15) is 24.2 Å². The number of methoxy groups -OCH3 is 1. The Bertz CT molecular complexity index is 696. The maximum Gasteiger partial charge on any atom is 0.246 e. The lowest BCUT2D eigenvalue weighted by molar-refractivity contribution is -0.116. The molecule has 0 aliphatic carbocycles. The fourth-order valence-corrected chi connectivity index (χ4v) is 2.10. The van der Waals surface area contributed by atoms with E-state index in [1.54, 1.807) is 38.3 Å². The SMILES string of the molecule is COc1ccccc1N[C@@H](C)C(=O)Nc1ccc(C(C)=O)cc1. The van der Waals surface area contributed by atoms with Crippen LogP contribution in [-0.2, 0) is 4.79 Å². The Morgan fingerprint density at radius 1 is 1.04 bits per heavy atom. The van der Waals surface area contributed by atoms with Crippen molar-refractivity contribution in [2.45, 2.75) is 19.9 Å². The molecule has 0 radical (unpaired) electrons. The predicted octanol–water partition coefficient (Wildman–Crippen LogP) is 3.34. The van der Waals surface area contributed by atoms with Crippen LogP contribution in [0.2, 0.25) is 0 Å². The topological polar surface area (TPSA) is 67.4 Å². The first-order valence-electron chi connectivity index (χ1n) is 7.32. The molecule has 120 valence electrons. The lowest BCUT2D eigenvalue weighted by Crippen LogP contribution is -2.32. The number of hydrogen-bond donors (Lipinski definition) is 2. The van der Waals surface area contributed by atoms with E-state index in [1.807, 2.05) is 24.3 Å². The molecule has 2 rings (SSSR count). The zero-order chi connectivity index (χ0) is 16.8. The number of para-hydroxylation sites is 2. The lowest BCUT2D eigenvalue weighted by atomic mass is 10.1. The van der Waals surface area contributed by atoms with Crippen molar-refractivity contribution in [2.24, 2.45) is 0 Å². The van der Waals surface area contributed by atoms with Gasteiger partial charge in [0.05, 0.1) is 12.8 Å². The summed E-state index contributed by atoms with van der Waals surface area (Å²) in [7, 11) is 1.59. The van der Waals surface area contributed by atoms with Gasteiger partial charge in [0.25, 0.3) is 0 Å². The van der Waals surface area contributed by atoms with Gasteiger partial charge in [0.1, 0.15) is 11.8 Å². The smallest absolute Gasteiger partial charge is 0.246 e. The highest BCUT2D eigenvalue weighted by molar-refractivity contribution is 5.98. The first-order valence-corrected chi connectivity index (χ1v) is 7.32. The second kappa shape index (κ2) is 7.45. The summed E-state index contributed by atoms with van der Waals surface area (Å²) in [4.78, 5) is 23.5. The first-order chi connectivity index (χ1) is 11.0. The number of amides is 1. The first kappa shape index (κ1) is 16.5. The monoisotopic (exact) mass is 312 g/mol. The summed E-state index contributed by atoms with van der Waals surface area (Å²) in [5.74, 6) is 0.499. The fraction of sp³-hybridized carbons (Fsp3) is 0.222. The number of carbonyl (C=O) groups is 2. The Morgan fingerprint density at radius 3 is 2.30 bits per heavy atom. The number of hydrogen-bond acceptors (Lipinski definition) is 4. The molecule has 5 nitrogen and oxygen atoms in total. The zero-order valence-electron chi connectivity index (χ0n) is 13.4. The average Bonchev–Trinajstić information content (AvgIpc) is 2.55. The van der Waals surface area contributed by atoms with Gasteiger partial charge in [0.15, 0.2) is 5.78 Å². The van der Waals surface area contributed by atoms with Crippen molar-refractivity contribution >= 4 is 23.1 Å². The number of ketones is 1. The number of carbonyl (C=O) groups excluding carboxylic acids is 2. The molecule has 0 spiro atoms. The van der Waals surface area contributed by atoms with Crippen molar-refractivity contribution in [3.63, 3.8) is 0 Å². The van der Waals surface area contributed by atoms with Crippen LogP contribution in [0.3, 0.4) is 0 Å². The molecule has 2 aromatic carbocycles. The highest BCUT2D eigenvalue weighted by atomic mass is 16.5. The van der Waals surface area contributed by atoms with Crippen molar-refractivity contribution in [2.75, 3.05) is 17.7 Å². The molecule has 0 aromatic heterocycles. The lowest BCUT2D eigenvalue weighted by Gasteiger charge is -2.17. The van der Waals surface area contributed by atoms with Gasteiger partial charge in [-0.15, -0.1) is 0 Å². The van der Waals surface area contributed by atoms with Gasteiger partial charge in [-0.05, 0) is 50.2 Å². The summed E-state index contributed by atoms with van der Waals surface area (Å²) in [6, 6.07) is 13.8. The Labute approximate surface area is 135 Å². The molecule has 0 fully saturated rings. The standard InChI is InChI=1S/C18H20N2O3/c1-12(19-16-6-4-5-7-17(16)23-3)18(22)20-15-10-8-14(9-11-15)13(2)21/h4-12,19H,1-3H3,(H,20,22)/t12-/m0/s1. The molecule has 0 saturated heterocycles. The normalized spacial score (nSPS) is 11.4. The number of Topliss-reactive ketones (excluding diaryl/α,β-unsaturated/α-hetero) is 1. The number of benzene rings is 2. The summed E-state index contributed by atoms with van der Waals surface area (Å²) >= 11 is 0. The maximum atomic E-state index is 12.3. The molecular weight excluding hydrogens is 292 g/mol. The predicted molar refractivity (Wildman–Crippen MR) is 91.2 cm³/mol. The highest BCUT2D eigenvalue weighted by Gasteiger charge is 2.14. The van der Waals surface area contributed by atoms with E-state index in [0.717, 1.165) is 5.69 Å². The molecule has 0 unspecified atom stereocenters. The number of anilines is 2. The van der Waals surface area contributed by atoms with Gasteiger partial charge in [-0.1, -0.05) is 12.1 Å². The third kappa shape index (κ3) is 4.32. The van der Waals surface area contributed by atoms with Crippen LogP contribution >= 0.6 is 0 Å². The van der Waals surface area contributed by atoms with Crippen molar-refractivity contribution in [3.8, 4) is 5.75 Å². The molecule has 1 atom stereocenters. The van der Waals surface area contributed by atoms with E-state index in [-0.39, 0.29) is 11.7 Å². The molecule has 1 amide bonds. The summed E-state index contributed by atoms with van der Waals surface area (Å²) in [5, 5.41) is 5.93. The molecule has 0 aliphatic heterocycles. The van der Waals surface area contributed by atoms with Crippen LogP contribution < -0.4 is 15.4 Å². The molecule has 0 heterocycles. The van der Waals surface area contributed by atoms with E-state index in [9.17, 15) is 9.59 Å². The van der Waals surface area contributed by atoms with Gasteiger partial charge in [-0.3, -0.25) is 9.59 Å². The molecule has 2 N–H and O–H groups in total. The minimum absolute atomic E-state index is 0.00548. The fourth-order valence-electron chi connectivity index (χ4n) is 2.10. The summed E-state index contributed by atoms with van der Waals surface area (Å²) in [6.07, 6.45) is 0. The molecule has 2 aromatic rings. The zero-order valence-corrected chi connectivity index (χ0v) is 13.4. The van der Waals surface area contributed by atoms with Crippen molar-refractivity contribution in [1.82, 2.24) is 0 Å². The molecule has 0 bridgehead atoms. The molecule has 5 heteroatoms. The van der Waals surface area contributed by atoms with Gasteiger partial charge >= 0.3 is 0 Å². The van der Waals surface area contributed by atoms with E-state index in [2.05, 4.69) is 10.6 Å². The Balaban J connectivity index is 2.01. The van der Waals surface area contributed by atoms with Gasteiger partial charge in [0, 0.05) is 11.3 Å². The van der Waals surface area contributed by atoms with E-state index >= 15 is 0 Å². The minimum atomic E-state index is -0.446. The Hall–Kier alpha value is -2.82. The number of nitrogens with one attached hydrogen (secondary N) is 2. The highest BCUT2D eigenvalue weighted by Crippen LogP contribution is 2.24. The quantitative estimate of drug-likeness (QED) is 0.803. The largest absolute Gasteiger partial charge is 0.495 e. The maximum absolute atomic E-state index is 12.3. The van der Waals surface area contributed by atoms with E-state index in [1.165, 1.54) is 6.92 Å². The summed E-state index contributed by atoms with van der Waals surface area (Å²) < 4.78 is 5.25. The summed E-state index contributed by atoms with van der Waals surface area (Å²) in [5.41, 5.74) is 2.02. The molecule has 23 heavy (non-hydrogen) atoms. The average molecular weight is 312 g/mol. The number of ether oxygens (including phenoxy) is 1. The molecular formula is C18H20N2O3. The van der Waals surface area contributed by atoms with Crippen molar-refractivity contribution in [3.05, 3.63) is 54.1 Å². The van der Waals surface area contributed by atoms with Crippen LogP contribution in [0.4, 0.5) is 11.4 Å². The van der Waals surface area contributed by atoms with Crippen LogP contribution in [0.15, 0.2) is 48.5 Å². The molecule has 0 aliphatic rings. The molecule has 0 saturated carbocycles.